The average molecular weight is 408 g/mol. The van der Waals surface area contributed by atoms with E-state index in [9.17, 15) is 5.26 Å². The van der Waals surface area contributed by atoms with Crippen molar-refractivity contribution in [1.29, 1.82) is 5.26 Å². The van der Waals surface area contributed by atoms with Gasteiger partial charge in [-0.15, -0.1) is 0 Å². The summed E-state index contributed by atoms with van der Waals surface area (Å²) in [4.78, 5) is 18.9. The SMILES string of the molecule is Cc1cc(C(C)C)nc(C(C)(C)CCC(C)(C)c2cc(C#N)nc(C(C)(C)C)n2)n1. The van der Waals surface area contributed by atoms with Crippen molar-refractivity contribution in [2.45, 2.75) is 104 Å². The van der Waals surface area contributed by atoms with Crippen molar-refractivity contribution < 1.29 is 0 Å². The molecule has 162 valence electrons. The lowest BCUT2D eigenvalue weighted by atomic mass is 9.76. The summed E-state index contributed by atoms with van der Waals surface area (Å²) in [5.74, 6) is 1.99. The smallest absolute Gasteiger partial charge is 0.144 e. The van der Waals surface area contributed by atoms with Crippen LogP contribution in [0.5, 0.6) is 0 Å². The van der Waals surface area contributed by atoms with Gasteiger partial charge in [0, 0.05) is 27.6 Å². The molecule has 0 aromatic carbocycles. The maximum atomic E-state index is 9.47. The van der Waals surface area contributed by atoms with E-state index in [4.69, 9.17) is 15.0 Å². The average Bonchev–Trinajstić information content (AvgIpc) is 2.65. The Morgan fingerprint density at radius 1 is 0.833 bits per heavy atom. The second-order valence-electron chi connectivity index (χ2n) is 11.0. The van der Waals surface area contributed by atoms with Crippen LogP contribution in [0.25, 0.3) is 0 Å². The molecule has 30 heavy (non-hydrogen) atoms. The summed E-state index contributed by atoms with van der Waals surface area (Å²) in [5, 5.41) is 9.47. The lowest BCUT2D eigenvalue weighted by Gasteiger charge is -2.31. The predicted octanol–water partition coefficient (Wildman–Crippen LogP) is 5.90. The van der Waals surface area contributed by atoms with Gasteiger partial charge in [0.05, 0.1) is 5.69 Å². The van der Waals surface area contributed by atoms with E-state index < -0.39 is 0 Å². The standard InChI is InChI=1S/C25H37N5/c1-16(2)19-13-17(3)27-22(29-19)25(9,10)12-11-24(7,8)20-14-18(15-26)28-21(30-20)23(4,5)6/h13-14,16H,11-12H2,1-10H3. The van der Waals surface area contributed by atoms with Crippen molar-refractivity contribution in [2.24, 2.45) is 0 Å². The lowest BCUT2D eigenvalue weighted by Crippen LogP contribution is -2.29. The molecule has 2 aromatic heterocycles. The predicted molar refractivity (Wildman–Crippen MR) is 122 cm³/mol. The number of rotatable bonds is 6. The van der Waals surface area contributed by atoms with Crippen LogP contribution in [0.1, 0.15) is 115 Å². The number of nitrogens with zero attached hydrogens (tertiary/aromatic N) is 5. The summed E-state index contributed by atoms with van der Waals surface area (Å²) in [6.07, 6.45) is 1.82. The fraction of sp³-hybridized carbons (Fsp3) is 0.640. The highest BCUT2D eigenvalue weighted by atomic mass is 14.9. The van der Waals surface area contributed by atoms with Gasteiger partial charge in [-0.2, -0.15) is 5.26 Å². The fourth-order valence-corrected chi connectivity index (χ4v) is 3.24. The number of hydrogen-bond acceptors (Lipinski definition) is 5. The minimum Gasteiger partial charge on any atom is -0.238 e. The fourth-order valence-electron chi connectivity index (χ4n) is 3.24. The molecular formula is C25H37N5. The van der Waals surface area contributed by atoms with Gasteiger partial charge in [-0.1, -0.05) is 62.3 Å². The Labute approximate surface area is 182 Å². The number of aryl methyl sites for hydroxylation is 1. The van der Waals surface area contributed by atoms with Gasteiger partial charge < -0.3 is 0 Å². The molecule has 0 spiro atoms. The highest BCUT2D eigenvalue weighted by molar-refractivity contribution is 5.28. The van der Waals surface area contributed by atoms with Gasteiger partial charge in [0.1, 0.15) is 23.4 Å². The molecule has 0 N–H and O–H groups in total. The Morgan fingerprint density at radius 2 is 1.43 bits per heavy atom. The Balaban J connectivity index is 2.33. The van der Waals surface area contributed by atoms with Crippen molar-refractivity contribution in [3.05, 3.63) is 46.6 Å². The molecule has 2 aromatic rings. The molecule has 0 radical (unpaired) electrons. The van der Waals surface area contributed by atoms with Crippen LogP contribution in [0, 0.1) is 18.3 Å². The van der Waals surface area contributed by atoms with E-state index in [2.05, 4.69) is 79.4 Å². The quantitative estimate of drug-likeness (QED) is 0.595. The summed E-state index contributed by atoms with van der Waals surface area (Å²) in [6, 6.07) is 6.11. The molecule has 0 aliphatic heterocycles. The van der Waals surface area contributed by atoms with Gasteiger partial charge in [0.25, 0.3) is 0 Å². The van der Waals surface area contributed by atoms with Crippen LogP contribution < -0.4 is 0 Å². The zero-order valence-corrected chi connectivity index (χ0v) is 20.4. The first-order valence-electron chi connectivity index (χ1n) is 10.8. The number of nitriles is 1. The largest absolute Gasteiger partial charge is 0.238 e. The highest BCUT2D eigenvalue weighted by Crippen LogP contribution is 2.35. The van der Waals surface area contributed by atoms with Crippen LogP contribution >= 0.6 is 0 Å². The van der Waals surface area contributed by atoms with Gasteiger partial charge >= 0.3 is 0 Å². The Morgan fingerprint density at radius 3 is 1.97 bits per heavy atom. The first-order valence-corrected chi connectivity index (χ1v) is 10.8. The molecule has 0 amide bonds. The zero-order valence-electron chi connectivity index (χ0n) is 20.4. The summed E-state index contributed by atoms with van der Waals surface area (Å²) in [7, 11) is 0. The third-order valence-corrected chi connectivity index (χ3v) is 5.65. The topological polar surface area (TPSA) is 75.3 Å². The molecule has 5 heteroatoms. The number of aromatic nitrogens is 4. The van der Waals surface area contributed by atoms with Crippen molar-refractivity contribution in [3.8, 4) is 6.07 Å². The summed E-state index contributed by atoms with van der Waals surface area (Å²) >= 11 is 0. The summed E-state index contributed by atoms with van der Waals surface area (Å²) in [6.45, 7) is 21.4. The second-order valence-corrected chi connectivity index (χ2v) is 11.0. The van der Waals surface area contributed by atoms with E-state index >= 15 is 0 Å². The maximum Gasteiger partial charge on any atom is 0.144 e. The van der Waals surface area contributed by atoms with Crippen LogP contribution in [0.3, 0.4) is 0 Å². The van der Waals surface area contributed by atoms with Crippen molar-refractivity contribution >= 4 is 0 Å². The molecule has 5 nitrogen and oxygen atoms in total. The molecule has 0 saturated heterocycles. The molecule has 0 saturated carbocycles. The monoisotopic (exact) mass is 407 g/mol. The summed E-state index contributed by atoms with van der Waals surface area (Å²) in [5.41, 5.74) is 2.89. The third-order valence-electron chi connectivity index (χ3n) is 5.65. The van der Waals surface area contributed by atoms with E-state index in [0.29, 0.717) is 17.4 Å². The van der Waals surface area contributed by atoms with Gasteiger partial charge in [-0.05, 0) is 37.8 Å². The molecule has 0 aliphatic rings. The number of hydrogen-bond donors (Lipinski definition) is 0. The van der Waals surface area contributed by atoms with Gasteiger partial charge in [0.15, 0.2) is 0 Å². The highest BCUT2D eigenvalue weighted by Gasteiger charge is 2.32. The van der Waals surface area contributed by atoms with Gasteiger partial charge in [-0.25, -0.2) is 19.9 Å². The van der Waals surface area contributed by atoms with Crippen molar-refractivity contribution in [3.63, 3.8) is 0 Å². The molecular weight excluding hydrogens is 370 g/mol. The Hall–Kier alpha value is -2.35. The first kappa shape index (κ1) is 23.9. The molecule has 2 heterocycles. The first-order chi connectivity index (χ1) is 13.7. The van der Waals surface area contributed by atoms with Crippen LogP contribution in [0.2, 0.25) is 0 Å². The molecule has 0 aliphatic carbocycles. The lowest BCUT2D eigenvalue weighted by molar-refractivity contribution is 0.353. The maximum absolute atomic E-state index is 9.47. The van der Waals surface area contributed by atoms with Gasteiger partial charge in [0.2, 0.25) is 0 Å². The van der Waals surface area contributed by atoms with Crippen molar-refractivity contribution in [2.75, 3.05) is 0 Å². The third kappa shape index (κ3) is 5.62. The van der Waals surface area contributed by atoms with E-state index in [1.807, 2.05) is 13.0 Å². The molecule has 2 rings (SSSR count). The van der Waals surface area contributed by atoms with E-state index in [0.717, 1.165) is 35.7 Å². The van der Waals surface area contributed by atoms with Crippen LogP contribution in [0.4, 0.5) is 0 Å². The van der Waals surface area contributed by atoms with Crippen LogP contribution in [-0.4, -0.2) is 19.9 Å². The van der Waals surface area contributed by atoms with E-state index in [-0.39, 0.29) is 16.2 Å². The molecule has 0 unspecified atom stereocenters. The van der Waals surface area contributed by atoms with E-state index in [1.54, 1.807) is 0 Å². The Kier molecular flexibility index (Phi) is 6.71. The van der Waals surface area contributed by atoms with Gasteiger partial charge in [-0.3, -0.25) is 0 Å². The minimum atomic E-state index is -0.209. The summed E-state index contributed by atoms with van der Waals surface area (Å²) < 4.78 is 0. The zero-order chi connectivity index (χ0) is 22.9. The van der Waals surface area contributed by atoms with Crippen LogP contribution in [0.15, 0.2) is 12.1 Å². The van der Waals surface area contributed by atoms with Crippen molar-refractivity contribution in [1.82, 2.24) is 19.9 Å². The van der Waals surface area contributed by atoms with E-state index in [1.165, 1.54) is 0 Å². The molecule has 0 fully saturated rings. The molecule has 0 atom stereocenters. The van der Waals surface area contributed by atoms with Crippen LogP contribution in [-0.2, 0) is 16.2 Å². The normalized spacial score (nSPS) is 12.9. The minimum absolute atomic E-state index is 0.162. The Bertz CT molecular complexity index is 943. The second kappa shape index (κ2) is 8.41. The molecule has 0 bridgehead atoms.